The van der Waals surface area contributed by atoms with Crippen LogP contribution in [0.25, 0.3) is 16.9 Å². The van der Waals surface area contributed by atoms with Crippen molar-refractivity contribution in [3.63, 3.8) is 0 Å². The Kier molecular flexibility index (Phi) is 8.71. The van der Waals surface area contributed by atoms with Gasteiger partial charge < -0.3 is 15.4 Å². The molecule has 3 amide bonds. The minimum absolute atomic E-state index is 0.0857. The van der Waals surface area contributed by atoms with Crippen molar-refractivity contribution in [2.45, 2.75) is 18.9 Å². The highest BCUT2D eigenvalue weighted by atomic mass is 16.5. The van der Waals surface area contributed by atoms with Crippen LogP contribution in [0.4, 0.5) is 10.6 Å². The molecule has 1 aliphatic heterocycles. The lowest BCUT2D eigenvalue weighted by Crippen LogP contribution is -2.42. The van der Waals surface area contributed by atoms with E-state index in [4.69, 9.17) is 9.84 Å². The van der Waals surface area contributed by atoms with E-state index < -0.39 is 0 Å². The number of amides is 3. The maximum Gasteiger partial charge on any atom is 0.320 e. The van der Waals surface area contributed by atoms with Crippen molar-refractivity contribution >= 4 is 17.8 Å². The molecule has 2 atom stereocenters. The van der Waals surface area contributed by atoms with E-state index in [1.165, 1.54) is 5.56 Å². The topological polar surface area (TPSA) is 113 Å². The van der Waals surface area contributed by atoms with Crippen molar-refractivity contribution in [2.24, 2.45) is 0 Å². The largest absolute Gasteiger partial charge is 0.383 e. The predicted octanol–water partition coefficient (Wildman–Crippen LogP) is 3.84. The van der Waals surface area contributed by atoms with Crippen LogP contribution in [0.15, 0.2) is 79.0 Å². The van der Waals surface area contributed by atoms with Crippen LogP contribution in [-0.4, -0.2) is 78.0 Å². The minimum Gasteiger partial charge on any atom is -0.383 e. The molecule has 0 radical (unpaired) electrons. The van der Waals surface area contributed by atoms with Gasteiger partial charge in [-0.05, 0) is 36.8 Å². The van der Waals surface area contributed by atoms with Gasteiger partial charge in [0.25, 0.3) is 5.91 Å². The van der Waals surface area contributed by atoms with Crippen LogP contribution in [0.2, 0.25) is 0 Å². The maximum atomic E-state index is 13.6. The quantitative estimate of drug-likeness (QED) is 0.290. The van der Waals surface area contributed by atoms with Gasteiger partial charge in [0.2, 0.25) is 0 Å². The molecule has 0 aliphatic carbocycles. The van der Waals surface area contributed by atoms with E-state index in [1.54, 1.807) is 37.2 Å². The first kappa shape index (κ1) is 28.0. The Balaban J connectivity index is 1.44. The lowest BCUT2D eigenvalue weighted by atomic mass is 9.94. The number of para-hydroxylation sites is 1. The van der Waals surface area contributed by atoms with Crippen LogP contribution in [0.1, 0.15) is 27.5 Å². The number of hydrogen-bond donors (Lipinski definition) is 3. The number of anilines is 1. The molecule has 4 aromatic rings. The molecular weight excluding hydrogens is 518 g/mol. The molecular formula is C31H35N7O3. The number of rotatable bonds is 9. The fourth-order valence-electron chi connectivity index (χ4n) is 5.29. The number of likely N-dealkylation sites (tertiary alicyclic amines) is 1. The van der Waals surface area contributed by atoms with E-state index in [0.717, 1.165) is 36.4 Å². The van der Waals surface area contributed by atoms with Gasteiger partial charge >= 0.3 is 6.03 Å². The van der Waals surface area contributed by atoms with Crippen LogP contribution >= 0.6 is 0 Å². The van der Waals surface area contributed by atoms with Gasteiger partial charge in [0.15, 0.2) is 0 Å². The number of hydrogen-bond acceptors (Lipinski definition) is 6. The summed E-state index contributed by atoms with van der Waals surface area (Å²) in [4.78, 5) is 32.3. The Labute approximate surface area is 239 Å². The van der Waals surface area contributed by atoms with Crippen LogP contribution in [0.3, 0.4) is 0 Å². The monoisotopic (exact) mass is 553 g/mol. The maximum absolute atomic E-state index is 13.6. The zero-order valence-electron chi connectivity index (χ0n) is 23.5. The second-order valence-corrected chi connectivity index (χ2v) is 10.1. The molecule has 1 saturated heterocycles. The first-order valence-corrected chi connectivity index (χ1v) is 13.7. The molecule has 0 saturated carbocycles. The smallest absolute Gasteiger partial charge is 0.320 e. The van der Waals surface area contributed by atoms with Gasteiger partial charge in [-0.25, -0.2) is 9.48 Å². The van der Waals surface area contributed by atoms with Gasteiger partial charge in [-0.2, -0.15) is 5.10 Å². The van der Waals surface area contributed by atoms with Crippen LogP contribution in [0.5, 0.6) is 0 Å². The fraction of sp³-hybridized carbons (Fsp3) is 0.290. The lowest BCUT2D eigenvalue weighted by Gasteiger charge is -2.21. The van der Waals surface area contributed by atoms with Gasteiger partial charge in [0.1, 0.15) is 11.5 Å². The molecule has 2 aromatic heterocycles. The summed E-state index contributed by atoms with van der Waals surface area (Å²) in [7, 11) is 3.27. The van der Waals surface area contributed by atoms with E-state index >= 15 is 0 Å². The predicted molar refractivity (Wildman–Crippen MR) is 158 cm³/mol. The third-order valence-electron chi connectivity index (χ3n) is 7.40. The minimum atomic E-state index is -0.308. The molecule has 0 unspecified atom stereocenters. The fourth-order valence-corrected chi connectivity index (χ4v) is 5.29. The summed E-state index contributed by atoms with van der Waals surface area (Å²) in [6.07, 6.45) is 1.58. The summed E-state index contributed by atoms with van der Waals surface area (Å²) in [5.74, 6) is 0.413. The number of pyridine rings is 1. The molecule has 212 valence electrons. The molecule has 2 aromatic carbocycles. The number of aromatic nitrogens is 3. The normalized spacial score (nSPS) is 16.9. The zero-order chi connectivity index (χ0) is 28.8. The number of carbonyl (C=O) groups excluding carboxylic acids is 2. The van der Waals surface area contributed by atoms with Crippen LogP contribution in [-0.2, 0) is 4.74 Å². The standard InChI is InChI=1S/C31H35N7O3/c1-21-28(23-14-15-33-26(18-23)30(39)32-2)36-38(24-12-8-5-9-13-24)29(21)35-31(40)34-27-20-37(16-17-41-3)19-25(27)22-10-6-4-7-11-22/h4-15,18,25,27H,16-17,19-20H2,1-3H3,(H,32,39)(H2,34,35,40)/t25-,27+/m0/s1. The summed E-state index contributed by atoms with van der Waals surface area (Å²) >= 11 is 0. The van der Waals surface area contributed by atoms with E-state index in [0.29, 0.717) is 18.1 Å². The van der Waals surface area contributed by atoms with Crippen LogP contribution in [0, 0.1) is 6.92 Å². The number of nitrogens with zero attached hydrogens (tertiary/aromatic N) is 4. The molecule has 10 heteroatoms. The second-order valence-electron chi connectivity index (χ2n) is 10.1. The number of benzene rings is 2. The number of methoxy groups -OCH3 is 1. The molecule has 0 spiro atoms. The van der Waals surface area contributed by atoms with Gasteiger partial charge in [-0.3, -0.25) is 20.0 Å². The van der Waals surface area contributed by atoms with Crippen LogP contribution < -0.4 is 16.0 Å². The SMILES string of the molecule is CNC(=O)c1cc(-c2nn(-c3ccccc3)c(NC(=O)N[C@@H]3CN(CCOC)C[C@H]3c3ccccc3)c2C)ccn1. The summed E-state index contributed by atoms with van der Waals surface area (Å²) in [6, 6.07) is 23.0. The van der Waals surface area contributed by atoms with Gasteiger partial charge in [0.05, 0.1) is 24.0 Å². The van der Waals surface area contributed by atoms with Gasteiger partial charge in [-0.1, -0.05) is 48.5 Å². The average Bonchev–Trinajstić information content (AvgIpc) is 3.56. The van der Waals surface area contributed by atoms with Crippen molar-refractivity contribution in [2.75, 3.05) is 45.7 Å². The molecule has 0 bridgehead atoms. The molecule has 5 rings (SSSR count). The van der Waals surface area contributed by atoms with E-state index in [-0.39, 0.29) is 29.6 Å². The van der Waals surface area contributed by atoms with Crippen molar-refractivity contribution < 1.29 is 14.3 Å². The van der Waals surface area contributed by atoms with Crippen molar-refractivity contribution in [1.29, 1.82) is 0 Å². The highest BCUT2D eigenvalue weighted by Gasteiger charge is 2.35. The molecule has 41 heavy (non-hydrogen) atoms. The molecule has 3 N–H and O–H groups in total. The summed E-state index contributed by atoms with van der Waals surface area (Å²) in [5.41, 5.74) is 4.41. The molecule has 1 fully saturated rings. The second kappa shape index (κ2) is 12.8. The molecule has 3 heterocycles. The number of carbonyl (C=O) groups is 2. The highest BCUT2D eigenvalue weighted by molar-refractivity contribution is 5.94. The van der Waals surface area contributed by atoms with Crippen molar-refractivity contribution in [3.8, 4) is 16.9 Å². The summed E-state index contributed by atoms with van der Waals surface area (Å²) < 4.78 is 7.02. The van der Waals surface area contributed by atoms with Gasteiger partial charge in [-0.15, -0.1) is 0 Å². The first-order chi connectivity index (χ1) is 20.0. The number of ether oxygens (including phenoxy) is 1. The lowest BCUT2D eigenvalue weighted by molar-refractivity contribution is 0.0958. The van der Waals surface area contributed by atoms with E-state index in [1.807, 2.05) is 55.5 Å². The third-order valence-corrected chi connectivity index (χ3v) is 7.40. The Morgan fingerprint density at radius 2 is 1.76 bits per heavy atom. The average molecular weight is 554 g/mol. The molecule has 10 nitrogen and oxygen atoms in total. The Hall–Kier alpha value is -4.54. The Morgan fingerprint density at radius 3 is 2.46 bits per heavy atom. The van der Waals surface area contributed by atoms with E-state index in [9.17, 15) is 9.59 Å². The first-order valence-electron chi connectivity index (χ1n) is 13.7. The Morgan fingerprint density at radius 1 is 1.02 bits per heavy atom. The Bertz CT molecular complexity index is 1490. The van der Waals surface area contributed by atoms with Crippen molar-refractivity contribution in [3.05, 3.63) is 95.8 Å². The molecule has 1 aliphatic rings. The highest BCUT2D eigenvalue weighted by Crippen LogP contribution is 2.31. The zero-order valence-corrected chi connectivity index (χ0v) is 23.5. The number of urea groups is 1. The van der Waals surface area contributed by atoms with Gasteiger partial charge in [0, 0.05) is 57.0 Å². The van der Waals surface area contributed by atoms with E-state index in [2.05, 4.69) is 38.0 Å². The number of nitrogens with one attached hydrogen (secondary N) is 3. The third kappa shape index (κ3) is 6.29. The summed E-state index contributed by atoms with van der Waals surface area (Å²) in [5, 5.41) is 13.8. The summed E-state index contributed by atoms with van der Waals surface area (Å²) in [6.45, 7) is 4.89. The van der Waals surface area contributed by atoms with Crippen molar-refractivity contribution in [1.82, 2.24) is 30.3 Å².